The first-order valence-electron chi connectivity index (χ1n) is 8.96. The summed E-state index contributed by atoms with van der Waals surface area (Å²) in [6, 6.07) is 3.96. The minimum atomic E-state index is -0.0776. The first kappa shape index (κ1) is 18.8. The predicted molar refractivity (Wildman–Crippen MR) is 106 cm³/mol. The second kappa shape index (κ2) is 7.72. The fourth-order valence-corrected chi connectivity index (χ4v) is 3.75. The summed E-state index contributed by atoms with van der Waals surface area (Å²) in [6.07, 6.45) is 3.49. The Morgan fingerprint density at radius 2 is 1.96 bits per heavy atom. The Morgan fingerprint density at radius 1 is 1.23 bits per heavy atom. The van der Waals surface area contributed by atoms with Crippen molar-refractivity contribution in [1.29, 1.82) is 0 Å². The summed E-state index contributed by atoms with van der Waals surface area (Å²) in [7, 11) is 2.14. The van der Waals surface area contributed by atoms with Gasteiger partial charge in [-0.05, 0) is 13.1 Å². The summed E-state index contributed by atoms with van der Waals surface area (Å²) < 4.78 is 0. The quantitative estimate of drug-likeness (QED) is 0.892. The average molecular weight is 374 g/mol. The minimum absolute atomic E-state index is 0.0405. The van der Waals surface area contributed by atoms with E-state index in [9.17, 15) is 4.79 Å². The van der Waals surface area contributed by atoms with Crippen LogP contribution in [-0.4, -0.2) is 54.0 Å². The van der Waals surface area contributed by atoms with Gasteiger partial charge in [0.1, 0.15) is 10.7 Å². The number of hydrogen-bond donors (Lipinski definition) is 1. The molecule has 7 heteroatoms. The van der Waals surface area contributed by atoms with Crippen LogP contribution in [0.3, 0.4) is 0 Å². The number of anilines is 1. The molecule has 2 aromatic heterocycles. The number of amides is 1. The zero-order valence-corrected chi connectivity index (χ0v) is 16.8. The molecule has 0 atom stereocenters. The third-order valence-corrected chi connectivity index (χ3v) is 5.90. The van der Waals surface area contributed by atoms with Gasteiger partial charge >= 0.3 is 0 Å². The molecule has 0 saturated carbocycles. The number of thiazole rings is 1. The molecule has 3 rings (SSSR count). The fraction of sp³-hybridized carbons (Fsp3) is 0.526. The molecule has 26 heavy (non-hydrogen) atoms. The van der Waals surface area contributed by atoms with E-state index in [2.05, 4.69) is 52.9 Å². The standard InChI is InChI=1S/C19H27N5OS/c1-19(2,3)18-22-13-15(26-18)17(25)21-12-14-6-5-7-20-16(14)24-10-8-23(4)9-11-24/h5-7,13H,8-12H2,1-4H3,(H,21,25). The van der Waals surface area contributed by atoms with Crippen molar-refractivity contribution in [1.82, 2.24) is 20.2 Å². The number of hydrogen-bond acceptors (Lipinski definition) is 6. The zero-order valence-electron chi connectivity index (χ0n) is 16.0. The van der Waals surface area contributed by atoms with E-state index < -0.39 is 0 Å². The summed E-state index contributed by atoms with van der Waals surface area (Å²) in [5, 5.41) is 4.00. The topological polar surface area (TPSA) is 61.4 Å². The molecule has 1 aliphatic heterocycles. The van der Waals surface area contributed by atoms with Crippen molar-refractivity contribution < 1.29 is 4.79 Å². The SMILES string of the molecule is CN1CCN(c2ncccc2CNC(=O)c2cnc(C(C)(C)C)s2)CC1. The van der Waals surface area contributed by atoms with Gasteiger partial charge < -0.3 is 15.1 Å². The van der Waals surface area contributed by atoms with Crippen LogP contribution < -0.4 is 10.2 Å². The van der Waals surface area contributed by atoms with Gasteiger partial charge in [0.2, 0.25) is 0 Å². The van der Waals surface area contributed by atoms with Crippen molar-refractivity contribution in [2.75, 3.05) is 38.1 Å². The van der Waals surface area contributed by atoms with Crippen LogP contribution in [0.25, 0.3) is 0 Å². The second-order valence-corrected chi connectivity index (χ2v) is 8.77. The van der Waals surface area contributed by atoms with Gasteiger partial charge in [0, 0.05) is 49.9 Å². The molecule has 1 N–H and O–H groups in total. The third kappa shape index (κ3) is 4.40. The number of carbonyl (C=O) groups is 1. The lowest BCUT2D eigenvalue weighted by Crippen LogP contribution is -2.45. The second-order valence-electron chi connectivity index (χ2n) is 7.74. The molecule has 1 aliphatic rings. The van der Waals surface area contributed by atoms with Crippen molar-refractivity contribution >= 4 is 23.1 Å². The Morgan fingerprint density at radius 3 is 2.62 bits per heavy atom. The Hall–Kier alpha value is -1.99. The first-order chi connectivity index (χ1) is 12.3. The van der Waals surface area contributed by atoms with Crippen LogP contribution in [0.1, 0.15) is 41.0 Å². The Labute approximate surface area is 159 Å². The van der Waals surface area contributed by atoms with Gasteiger partial charge in [-0.2, -0.15) is 0 Å². The van der Waals surface area contributed by atoms with Crippen LogP contribution in [0.15, 0.2) is 24.5 Å². The molecule has 0 aromatic carbocycles. The maximum Gasteiger partial charge on any atom is 0.263 e. The van der Waals surface area contributed by atoms with E-state index in [0.717, 1.165) is 42.6 Å². The van der Waals surface area contributed by atoms with Crippen LogP contribution in [0.2, 0.25) is 0 Å². The lowest BCUT2D eigenvalue weighted by molar-refractivity contribution is 0.0955. The molecule has 2 aromatic rings. The molecule has 6 nitrogen and oxygen atoms in total. The van der Waals surface area contributed by atoms with Crippen molar-refractivity contribution in [2.45, 2.75) is 32.7 Å². The van der Waals surface area contributed by atoms with Crippen molar-refractivity contribution in [2.24, 2.45) is 0 Å². The summed E-state index contributed by atoms with van der Waals surface area (Å²) in [5.41, 5.74) is 1.01. The highest BCUT2D eigenvalue weighted by molar-refractivity contribution is 7.13. The largest absolute Gasteiger partial charge is 0.354 e. The smallest absolute Gasteiger partial charge is 0.263 e. The molecule has 0 aliphatic carbocycles. The molecule has 1 fully saturated rings. The van der Waals surface area contributed by atoms with E-state index in [0.29, 0.717) is 11.4 Å². The van der Waals surface area contributed by atoms with Gasteiger partial charge in [-0.15, -0.1) is 11.3 Å². The maximum atomic E-state index is 12.5. The van der Waals surface area contributed by atoms with Crippen LogP contribution >= 0.6 is 11.3 Å². The summed E-state index contributed by atoms with van der Waals surface area (Å²) in [4.78, 5) is 26.7. The Bertz CT molecular complexity index is 759. The minimum Gasteiger partial charge on any atom is -0.354 e. The Balaban J connectivity index is 1.66. The van der Waals surface area contributed by atoms with Crippen LogP contribution in [0, 0.1) is 0 Å². The van der Waals surface area contributed by atoms with E-state index in [1.54, 1.807) is 6.20 Å². The Kier molecular flexibility index (Phi) is 5.58. The van der Waals surface area contributed by atoms with Crippen molar-refractivity contribution in [3.8, 4) is 0 Å². The van der Waals surface area contributed by atoms with Crippen molar-refractivity contribution in [3.63, 3.8) is 0 Å². The predicted octanol–water partition coefficient (Wildman–Crippen LogP) is 2.52. The van der Waals surface area contributed by atoms with Crippen LogP contribution in [0.5, 0.6) is 0 Å². The number of nitrogens with zero attached hydrogens (tertiary/aromatic N) is 4. The lowest BCUT2D eigenvalue weighted by Gasteiger charge is -2.34. The van der Waals surface area contributed by atoms with Gasteiger partial charge in [0.25, 0.3) is 5.91 Å². The van der Waals surface area contributed by atoms with E-state index in [1.807, 2.05) is 18.3 Å². The highest BCUT2D eigenvalue weighted by Crippen LogP contribution is 2.27. The van der Waals surface area contributed by atoms with Gasteiger partial charge in [0.15, 0.2) is 0 Å². The number of aromatic nitrogens is 2. The van der Waals surface area contributed by atoms with Gasteiger partial charge in [-0.1, -0.05) is 26.8 Å². The molecule has 3 heterocycles. The molecule has 1 amide bonds. The van der Waals surface area contributed by atoms with Crippen molar-refractivity contribution in [3.05, 3.63) is 40.0 Å². The van der Waals surface area contributed by atoms with Gasteiger partial charge in [-0.25, -0.2) is 9.97 Å². The highest BCUT2D eigenvalue weighted by atomic mass is 32.1. The van der Waals surface area contributed by atoms with Gasteiger partial charge in [0.05, 0.1) is 11.2 Å². The van der Waals surface area contributed by atoms with E-state index in [-0.39, 0.29) is 11.3 Å². The van der Waals surface area contributed by atoms with Crippen LogP contribution in [-0.2, 0) is 12.0 Å². The fourth-order valence-electron chi connectivity index (χ4n) is 2.86. The summed E-state index contributed by atoms with van der Waals surface area (Å²) >= 11 is 1.46. The molecular formula is C19H27N5OS. The molecule has 0 radical (unpaired) electrons. The number of piperazine rings is 1. The van der Waals surface area contributed by atoms with E-state index in [1.165, 1.54) is 11.3 Å². The van der Waals surface area contributed by atoms with Crippen LogP contribution in [0.4, 0.5) is 5.82 Å². The normalized spacial score (nSPS) is 15.9. The molecule has 140 valence electrons. The van der Waals surface area contributed by atoms with E-state index in [4.69, 9.17) is 0 Å². The van der Waals surface area contributed by atoms with Gasteiger partial charge in [-0.3, -0.25) is 4.79 Å². The molecular weight excluding hydrogens is 346 g/mol. The lowest BCUT2D eigenvalue weighted by atomic mass is 9.98. The average Bonchev–Trinajstić information content (AvgIpc) is 3.11. The maximum absolute atomic E-state index is 12.5. The third-order valence-electron chi connectivity index (χ3n) is 4.48. The number of carbonyl (C=O) groups excluding carboxylic acids is 1. The number of pyridine rings is 1. The molecule has 0 spiro atoms. The van der Waals surface area contributed by atoms with E-state index >= 15 is 0 Å². The highest BCUT2D eigenvalue weighted by Gasteiger charge is 2.21. The molecule has 0 bridgehead atoms. The monoisotopic (exact) mass is 373 g/mol. The first-order valence-corrected chi connectivity index (χ1v) is 9.78. The number of rotatable bonds is 4. The summed E-state index contributed by atoms with van der Waals surface area (Å²) in [5.74, 6) is 0.895. The zero-order chi connectivity index (χ0) is 18.7. The molecule has 1 saturated heterocycles. The number of likely N-dealkylation sites (N-methyl/N-ethyl adjacent to an activating group) is 1. The number of nitrogens with one attached hydrogen (secondary N) is 1. The molecule has 0 unspecified atom stereocenters. The summed E-state index contributed by atoms with van der Waals surface area (Å²) in [6.45, 7) is 10.7.